The molecule has 0 aliphatic carbocycles. The topological polar surface area (TPSA) is 48.9 Å². The zero-order chi connectivity index (χ0) is 19.1. The Bertz CT molecular complexity index is 725. The van der Waals surface area contributed by atoms with Gasteiger partial charge < -0.3 is 20.3 Å². The fourth-order valence-electron chi connectivity index (χ4n) is 3.11. The van der Waals surface area contributed by atoms with Gasteiger partial charge in [0.2, 0.25) is 0 Å². The van der Waals surface area contributed by atoms with Crippen molar-refractivity contribution in [1.29, 1.82) is 0 Å². The van der Waals surface area contributed by atoms with E-state index in [1.807, 2.05) is 7.05 Å². The zero-order valence-corrected chi connectivity index (χ0v) is 20.1. The molecule has 1 saturated heterocycles. The highest BCUT2D eigenvalue weighted by Crippen LogP contribution is 2.26. The van der Waals surface area contributed by atoms with Gasteiger partial charge in [0.1, 0.15) is 0 Å². The van der Waals surface area contributed by atoms with Crippen molar-refractivity contribution in [3.63, 3.8) is 0 Å². The highest BCUT2D eigenvalue weighted by molar-refractivity contribution is 14.0. The smallest absolute Gasteiger partial charge is 0.191 e. The van der Waals surface area contributed by atoms with Crippen LogP contribution in [0.25, 0.3) is 0 Å². The minimum Gasteiger partial charge on any atom is -0.378 e. The number of benzene rings is 1. The summed E-state index contributed by atoms with van der Waals surface area (Å²) in [6, 6.07) is 13.0. The summed E-state index contributed by atoms with van der Waals surface area (Å²) >= 11 is 1.80. The molecule has 1 aromatic heterocycles. The van der Waals surface area contributed by atoms with Gasteiger partial charge in [0.15, 0.2) is 5.96 Å². The number of nitrogens with one attached hydrogen (secondary N) is 2. The summed E-state index contributed by atoms with van der Waals surface area (Å²) in [6.45, 7) is 9.65. The summed E-state index contributed by atoms with van der Waals surface area (Å²) in [5.41, 5.74) is 2.58. The molecule has 1 fully saturated rings. The van der Waals surface area contributed by atoms with Crippen LogP contribution >= 0.6 is 35.3 Å². The van der Waals surface area contributed by atoms with Crippen molar-refractivity contribution in [3.8, 4) is 0 Å². The first kappa shape index (κ1) is 23.0. The monoisotopic (exact) mass is 514 g/mol. The first-order valence-electron chi connectivity index (χ1n) is 9.48. The molecule has 0 radical (unpaired) electrons. The van der Waals surface area contributed by atoms with E-state index in [-0.39, 0.29) is 29.4 Å². The minimum absolute atomic E-state index is 0. The maximum absolute atomic E-state index is 5.42. The van der Waals surface area contributed by atoms with Gasteiger partial charge in [-0.25, -0.2) is 0 Å². The number of aliphatic imine (C=N–C) groups is 1. The van der Waals surface area contributed by atoms with E-state index < -0.39 is 0 Å². The largest absolute Gasteiger partial charge is 0.378 e. The van der Waals surface area contributed by atoms with Crippen molar-refractivity contribution in [2.75, 3.05) is 44.8 Å². The number of hydrogen-bond acceptors (Lipinski definition) is 4. The summed E-state index contributed by atoms with van der Waals surface area (Å²) in [4.78, 5) is 8.10. The van der Waals surface area contributed by atoms with Gasteiger partial charge in [0.05, 0.1) is 13.2 Å². The maximum atomic E-state index is 5.42. The molecule has 7 heteroatoms. The Balaban J connectivity index is 0.00000280. The Morgan fingerprint density at radius 1 is 1.14 bits per heavy atom. The predicted octanol–water partition coefficient (Wildman–Crippen LogP) is 3.85. The molecule has 154 valence electrons. The summed E-state index contributed by atoms with van der Waals surface area (Å²) in [5.74, 6) is 0.830. The fraction of sp³-hybridized carbons (Fsp3) is 0.476. The van der Waals surface area contributed by atoms with Gasteiger partial charge in [-0.1, -0.05) is 32.0 Å². The molecule has 0 bridgehead atoms. The third kappa shape index (κ3) is 6.35. The number of guanidine groups is 1. The molecular weight excluding hydrogens is 483 g/mol. The molecule has 5 nitrogen and oxygen atoms in total. The van der Waals surface area contributed by atoms with Crippen molar-refractivity contribution in [3.05, 3.63) is 52.2 Å². The van der Waals surface area contributed by atoms with E-state index in [0.717, 1.165) is 45.4 Å². The number of anilines is 1. The summed E-state index contributed by atoms with van der Waals surface area (Å²) in [6.07, 6.45) is 0. The lowest BCUT2D eigenvalue weighted by atomic mass is 9.91. The Labute approximate surface area is 189 Å². The molecule has 1 aromatic carbocycles. The third-order valence-electron chi connectivity index (χ3n) is 4.88. The van der Waals surface area contributed by atoms with E-state index in [2.05, 4.69) is 76.2 Å². The van der Waals surface area contributed by atoms with Gasteiger partial charge in [-0.15, -0.1) is 35.3 Å². The molecule has 2 heterocycles. The number of ether oxygens (including phenoxy) is 1. The summed E-state index contributed by atoms with van der Waals surface area (Å²) in [5, 5.41) is 9.00. The van der Waals surface area contributed by atoms with Crippen LogP contribution in [0.15, 0.2) is 46.8 Å². The predicted molar refractivity (Wildman–Crippen MR) is 130 cm³/mol. The van der Waals surface area contributed by atoms with Crippen LogP contribution in [0.3, 0.4) is 0 Å². The Morgan fingerprint density at radius 2 is 1.86 bits per heavy atom. The van der Waals surface area contributed by atoms with Crippen molar-refractivity contribution in [2.24, 2.45) is 4.99 Å². The van der Waals surface area contributed by atoms with Crippen molar-refractivity contribution >= 4 is 47.0 Å². The van der Waals surface area contributed by atoms with E-state index in [9.17, 15) is 0 Å². The number of nitrogens with zero attached hydrogens (tertiary/aromatic N) is 2. The average Bonchev–Trinajstić information content (AvgIpc) is 3.25. The molecule has 1 aliphatic rings. The third-order valence-corrected chi connectivity index (χ3v) is 6.12. The molecule has 28 heavy (non-hydrogen) atoms. The molecule has 0 atom stereocenters. The van der Waals surface area contributed by atoms with Crippen LogP contribution in [0, 0.1) is 0 Å². The zero-order valence-electron chi connectivity index (χ0n) is 16.9. The van der Waals surface area contributed by atoms with Crippen molar-refractivity contribution < 1.29 is 4.74 Å². The van der Waals surface area contributed by atoms with Gasteiger partial charge >= 0.3 is 0 Å². The van der Waals surface area contributed by atoms with E-state index in [4.69, 9.17) is 4.74 Å². The molecular formula is C21H31IN4OS. The second kappa shape index (κ2) is 11.0. The molecule has 0 saturated carbocycles. The normalized spacial score (nSPS) is 15.1. The van der Waals surface area contributed by atoms with Crippen LogP contribution in [-0.4, -0.2) is 45.9 Å². The lowest BCUT2D eigenvalue weighted by molar-refractivity contribution is 0.122. The van der Waals surface area contributed by atoms with E-state index >= 15 is 0 Å². The first-order chi connectivity index (χ1) is 13.1. The molecule has 1 aliphatic heterocycles. The maximum Gasteiger partial charge on any atom is 0.191 e. The van der Waals surface area contributed by atoms with E-state index in [0.29, 0.717) is 0 Å². The number of morpholine rings is 1. The Morgan fingerprint density at radius 3 is 2.46 bits per heavy atom. The molecule has 2 N–H and O–H groups in total. The van der Waals surface area contributed by atoms with E-state index in [1.54, 1.807) is 11.3 Å². The Hall–Kier alpha value is -1.32. The van der Waals surface area contributed by atoms with Crippen molar-refractivity contribution in [2.45, 2.75) is 25.8 Å². The average molecular weight is 514 g/mol. The van der Waals surface area contributed by atoms with Crippen LogP contribution in [0.4, 0.5) is 5.69 Å². The summed E-state index contributed by atoms with van der Waals surface area (Å²) in [7, 11) is 1.81. The van der Waals surface area contributed by atoms with Gasteiger partial charge in [-0.2, -0.15) is 0 Å². The number of rotatable bonds is 6. The van der Waals surface area contributed by atoms with Gasteiger partial charge in [0, 0.05) is 49.2 Å². The van der Waals surface area contributed by atoms with Crippen LogP contribution < -0.4 is 15.5 Å². The highest BCUT2D eigenvalue weighted by atomic mass is 127. The van der Waals surface area contributed by atoms with Crippen LogP contribution in [-0.2, 0) is 16.7 Å². The molecule has 0 unspecified atom stereocenters. The number of halogens is 1. The number of thiophene rings is 1. The quantitative estimate of drug-likeness (QED) is 0.350. The molecule has 3 rings (SSSR count). The van der Waals surface area contributed by atoms with Crippen LogP contribution in [0.1, 0.15) is 24.3 Å². The van der Waals surface area contributed by atoms with Crippen LogP contribution in [0.5, 0.6) is 0 Å². The standard InChI is InChI=1S/C21H30N4OS.HI/c1-21(2,19-5-4-14-27-19)16-24-20(22-3)23-15-17-6-8-18(9-7-17)25-10-12-26-13-11-25;/h4-9,14H,10-13,15-16H2,1-3H3,(H2,22,23,24);1H. The molecule has 2 aromatic rings. The van der Waals surface area contributed by atoms with Gasteiger partial charge in [0.25, 0.3) is 0 Å². The minimum atomic E-state index is 0. The lowest BCUT2D eigenvalue weighted by Crippen LogP contribution is -2.42. The second-order valence-electron chi connectivity index (χ2n) is 7.41. The van der Waals surface area contributed by atoms with Crippen molar-refractivity contribution in [1.82, 2.24) is 10.6 Å². The molecule has 0 amide bonds. The van der Waals surface area contributed by atoms with Gasteiger partial charge in [-0.05, 0) is 29.1 Å². The second-order valence-corrected chi connectivity index (χ2v) is 8.35. The fourth-order valence-corrected chi connectivity index (χ4v) is 3.96. The molecule has 0 spiro atoms. The SMILES string of the molecule is CN=C(NCc1ccc(N2CCOCC2)cc1)NCC(C)(C)c1cccs1.I. The van der Waals surface area contributed by atoms with Crippen LogP contribution in [0.2, 0.25) is 0 Å². The summed E-state index contributed by atoms with van der Waals surface area (Å²) < 4.78 is 5.42. The highest BCUT2D eigenvalue weighted by Gasteiger charge is 2.21. The van der Waals surface area contributed by atoms with E-state index in [1.165, 1.54) is 16.1 Å². The Kier molecular flexibility index (Phi) is 9.04. The lowest BCUT2D eigenvalue weighted by Gasteiger charge is -2.29. The number of hydrogen-bond donors (Lipinski definition) is 2. The van der Waals surface area contributed by atoms with Gasteiger partial charge in [-0.3, -0.25) is 4.99 Å². The first-order valence-corrected chi connectivity index (χ1v) is 10.4.